The van der Waals surface area contributed by atoms with Crippen LogP contribution in [0.25, 0.3) is 0 Å². The average molecular weight is 571 g/mol. The second kappa shape index (κ2) is 8.01. The molecule has 0 aliphatic heterocycles. The standard InChI is InChI=1S/C14H9Br4N3S/c15-9-1-7(2-10(16)5-9)13(20-21-14(19)22)8-3-11(17)6-12(18)4-8/h1-6H,(H3,19,21,22). The molecule has 3 nitrogen and oxygen atoms in total. The van der Waals surface area contributed by atoms with E-state index in [1.165, 1.54) is 0 Å². The van der Waals surface area contributed by atoms with Crippen LogP contribution in [0.15, 0.2) is 59.4 Å². The number of benzene rings is 2. The van der Waals surface area contributed by atoms with Crippen molar-refractivity contribution in [3.05, 3.63) is 65.4 Å². The first-order valence-electron chi connectivity index (χ1n) is 5.91. The van der Waals surface area contributed by atoms with E-state index in [0.29, 0.717) is 0 Å². The maximum Gasteiger partial charge on any atom is 0.184 e. The van der Waals surface area contributed by atoms with Crippen molar-refractivity contribution in [3.8, 4) is 0 Å². The van der Waals surface area contributed by atoms with Crippen LogP contribution in [0.1, 0.15) is 11.1 Å². The van der Waals surface area contributed by atoms with Crippen LogP contribution in [-0.2, 0) is 0 Å². The van der Waals surface area contributed by atoms with Gasteiger partial charge in [0.25, 0.3) is 0 Å². The van der Waals surface area contributed by atoms with E-state index in [9.17, 15) is 0 Å². The molecule has 0 saturated heterocycles. The van der Waals surface area contributed by atoms with Gasteiger partial charge in [0, 0.05) is 29.0 Å². The summed E-state index contributed by atoms with van der Waals surface area (Å²) in [6.07, 6.45) is 0. The number of halogens is 4. The summed E-state index contributed by atoms with van der Waals surface area (Å²) in [6.45, 7) is 0. The lowest BCUT2D eigenvalue weighted by Gasteiger charge is -2.10. The topological polar surface area (TPSA) is 50.4 Å². The zero-order valence-corrected chi connectivity index (χ0v) is 18.1. The SMILES string of the molecule is NC(=S)NN=C(c1cc(Br)cc(Br)c1)c1cc(Br)cc(Br)c1. The van der Waals surface area contributed by atoms with E-state index in [-0.39, 0.29) is 5.11 Å². The van der Waals surface area contributed by atoms with Gasteiger partial charge < -0.3 is 5.73 Å². The summed E-state index contributed by atoms with van der Waals surface area (Å²) in [5.41, 5.74) is 10.7. The molecule has 2 aromatic rings. The molecule has 8 heteroatoms. The van der Waals surface area contributed by atoms with Gasteiger partial charge in [0.05, 0.1) is 5.71 Å². The van der Waals surface area contributed by atoms with E-state index in [2.05, 4.69) is 74.2 Å². The van der Waals surface area contributed by atoms with Gasteiger partial charge in [-0.25, -0.2) is 0 Å². The number of thiocarbonyl (C=S) groups is 1. The Kier molecular flexibility index (Phi) is 6.58. The molecule has 3 N–H and O–H groups in total. The highest BCUT2D eigenvalue weighted by atomic mass is 79.9. The lowest BCUT2D eigenvalue weighted by Crippen LogP contribution is -2.26. The molecule has 0 bridgehead atoms. The van der Waals surface area contributed by atoms with Gasteiger partial charge in [-0.05, 0) is 48.6 Å². The minimum Gasteiger partial charge on any atom is -0.375 e. The fraction of sp³-hybridized carbons (Fsp3) is 0. The number of hydrogen-bond donors (Lipinski definition) is 2. The summed E-state index contributed by atoms with van der Waals surface area (Å²) >= 11 is 18.8. The number of hydrazone groups is 1. The van der Waals surface area contributed by atoms with Crippen LogP contribution >= 0.6 is 75.9 Å². The van der Waals surface area contributed by atoms with Crippen LogP contribution in [0.2, 0.25) is 0 Å². The van der Waals surface area contributed by atoms with E-state index in [1.54, 1.807) is 0 Å². The molecule has 0 radical (unpaired) electrons. The normalized spacial score (nSPS) is 10.2. The molecule has 2 rings (SSSR count). The van der Waals surface area contributed by atoms with Gasteiger partial charge in [0.15, 0.2) is 5.11 Å². The molecule has 0 amide bonds. The zero-order chi connectivity index (χ0) is 16.3. The van der Waals surface area contributed by atoms with E-state index in [0.717, 1.165) is 34.7 Å². The fourth-order valence-electron chi connectivity index (χ4n) is 1.79. The van der Waals surface area contributed by atoms with Gasteiger partial charge in [-0.3, -0.25) is 5.43 Å². The number of hydrogen-bond acceptors (Lipinski definition) is 2. The smallest absolute Gasteiger partial charge is 0.184 e. The summed E-state index contributed by atoms with van der Waals surface area (Å²) in [4.78, 5) is 0. The van der Waals surface area contributed by atoms with Gasteiger partial charge >= 0.3 is 0 Å². The molecule has 0 aliphatic rings. The molecule has 0 unspecified atom stereocenters. The van der Waals surface area contributed by atoms with Crippen molar-refractivity contribution < 1.29 is 0 Å². The lowest BCUT2D eigenvalue weighted by atomic mass is 10.0. The Morgan fingerprint density at radius 2 is 1.18 bits per heavy atom. The summed E-state index contributed by atoms with van der Waals surface area (Å²) in [5.74, 6) is 0. The van der Waals surface area contributed by atoms with Crippen LogP contribution in [0.3, 0.4) is 0 Å². The highest BCUT2D eigenvalue weighted by Gasteiger charge is 2.11. The van der Waals surface area contributed by atoms with Crippen molar-refractivity contribution in [1.29, 1.82) is 0 Å². The monoisotopic (exact) mass is 567 g/mol. The number of rotatable bonds is 3. The summed E-state index contributed by atoms with van der Waals surface area (Å²) < 4.78 is 3.76. The zero-order valence-electron chi connectivity index (χ0n) is 10.9. The third-order valence-electron chi connectivity index (χ3n) is 2.55. The van der Waals surface area contributed by atoms with Gasteiger partial charge in [0.1, 0.15) is 0 Å². The van der Waals surface area contributed by atoms with Crippen LogP contribution in [0, 0.1) is 0 Å². The quantitative estimate of drug-likeness (QED) is 0.298. The van der Waals surface area contributed by atoms with Gasteiger partial charge in [0.2, 0.25) is 0 Å². The summed E-state index contributed by atoms with van der Waals surface area (Å²) in [7, 11) is 0. The van der Waals surface area contributed by atoms with Crippen LogP contribution in [0.4, 0.5) is 0 Å². The largest absolute Gasteiger partial charge is 0.375 e. The number of nitrogens with two attached hydrogens (primary N) is 1. The molecule has 2 aromatic carbocycles. The summed E-state index contributed by atoms with van der Waals surface area (Å²) in [5, 5.41) is 4.46. The van der Waals surface area contributed by atoms with Crippen molar-refractivity contribution in [2.45, 2.75) is 0 Å². The molecule has 22 heavy (non-hydrogen) atoms. The van der Waals surface area contributed by atoms with Gasteiger partial charge in [-0.15, -0.1) is 0 Å². The first kappa shape index (κ1) is 18.1. The second-order valence-corrected chi connectivity index (χ2v) is 8.36. The number of nitrogens with zero attached hydrogens (tertiary/aromatic N) is 1. The lowest BCUT2D eigenvalue weighted by molar-refractivity contribution is 1.03. The van der Waals surface area contributed by atoms with E-state index >= 15 is 0 Å². The molecule has 0 saturated carbocycles. The molecular formula is C14H9Br4N3S. The molecule has 0 atom stereocenters. The minimum atomic E-state index is 0.112. The fourth-order valence-corrected chi connectivity index (χ4v) is 4.42. The molecule has 0 fully saturated rings. The maximum atomic E-state index is 5.49. The van der Waals surface area contributed by atoms with Crippen LogP contribution in [-0.4, -0.2) is 10.8 Å². The molecular weight excluding hydrogens is 562 g/mol. The van der Waals surface area contributed by atoms with Crippen molar-refractivity contribution in [2.75, 3.05) is 0 Å². The Hall–Kier alpha value is -0.280. The molecule has 0 aliphatic carbocycles. The van der Waals surface area contributed by atoms with Crippen LogP contribution < -0.4 is 11.2 Å². The Bertz CT molecular complexity index is 668. The van der Waals surface area contributed by atoms with E-state index in [4.69, 9.17) is 18.0 Å². The molecule has 0 aromatic heterocycles. The third-order valence-corrected chi connectivity index (χ3v) is 4.47. The predicted molar refractivity (Wildman–Crippen MR) is 109 cm³/mol. The van der Waals surface area contributed by atoms with Crippen molar-refractivity contribution in [3.63, 3.8) is 0 Å². The number of nitrogens with one attached hydrogen (secondary N) is 1. The van der Waals surface area contributed by atoms with Gasteiger partial charge in [-0.1, -0.05) is 63.7 Å². The van der Waals surface area contributed by atoms with Crippen LogP contribution in [0.5, 0.6) is 0 Å². The Balaban J connectivity index is 2.60. The molecule has 114 valence electrons. The maximum absolute atomic E-state index is 5.49. The second-order valence-electron chi connectivity index (χ2n) is 4.25. The summed E-state index contributed by atoms with van der Waals surface area (Å²) in [6, 6.07) is 11.8. The predicted octanol–water partition coefficient (Wildman–Crippen LogP) is 5.32. The Morgan fingerprint density at radius 1 is 0.818 bits per heavy atom. The molecule has 0 spiro atoms. The van der Waals surface area contributed by atoms with E-state index < -0.39 is 0 Å². The molecule has 0 heterocycles. The highest BCUT2D eigenvalue weighted by Crippen LogP contribution is 2.26. The third kappa shape index (κ3) is 5.13. The Labute approximate surface area is 167 Å². The van der Waals surface area contributed by atoms with Crippen molar-refractivity contribution in [1.82, 2.24) is 5.43 Å². The van der Waals surface area contributed by atoms with E-state index in [1.807, 2.05) is 36.4 Å². The average Bonchev–Trinajstić information content (AvgIpc) is 2.36. The van der Waals surface area contributed by atoms with Crippen molar-refractivity contribution in [2.24, 2.45) is 10.8 Å². The minimum absolute atomic E-state index is 0.112. The first-order chi connectivity index (χ1) is 10.3. The van der Waals surface area contributed by atoms with Crippen molar-refractivity contribution >= 4 is 86.8 Å². The first-order valence-corrected chi connectivity index (χ1v) is 9.49. The highest BCUT2D eigenvalue weighted by molar-refractivity contribution is 9.11. The van der Waals surface area contributed by atoms with Gasteiger partial charge in [-0.2, -0.15) is 5.10 Å². The Morgan fingerprint density at radius 3 is 1.50 bits per heavy atom.